The number of ether oxygens (including phenoxy) is 1. The summed E-state index contributed by atoms with van der Waals surface area (Å²) in [6, 6.07) is 6.93. The summed E-state index contributed by atoms with van der Waals surface area (Å²) in [5.41, 5.74) is -1.00. The molecule has 3 aromatic rings. The molecule has 3 rings (SSSR count). The zero-order valence-electron chi connectivity index (χ0n) is 13.7. The second kappa shape index (κ2) is 7.93. The van der Waals surface area contributed by atoms with Gasteiger partial charge in [-0.3, -0.25) is 4.79 Å². The lowest BCUT2D eigenvalue weighted by molar-refractivity contribution is 0.102. The number of amides is 1. The van der Waals surface area contributed by atoms with Crippen LogP contribution in [0.4, 0.5) is 32.0 Å². The van der Waals surface area contributed by atoms with E-state index in [-0.39, 0.29) is 17.2 Å². The molecule has 0 aliphatic heterocycles. The first kappa shape index (κ1) is 19.7. The number of nitrogens with one attached hydrogen (secondary N) is 1. The van der Waals surface area contributed by atoms with Crippen LogP contribution in [0.3, 0.4) is 0 Å². The molecule has 1 heterocycles. The van der Waals surface area contributed by atoms with Gasteiger partial charge in [0, 0.05) is 5.56 Å². The SMILES string of the molecule is O=C(Nc1c(F)c(F)c(F)c(F)c1F)c1cc(COc2ccccc2F)cs1. The molecule has 1 aromatic heterocycles. The number of hydrogen-bond donors (Lipinski definition) is 1. The Hall–Kier alpha value is -3.01. The summed E-state index contributed by atoms with van der Waals surface area (Å²) in [5.74, 6) is -12.6. The first-order valence-corrected chi connectivity index (χ1v) is 8.45. The highest BCUT2D eigenvalue weighted by Crippen LogP contribution is 2.28. The fraction of sp³-hybridized carbons (Fsp3) is 0.0556. The van der Waals surface area contributed by atoms with E-state index in [4.69, 9.17) is 4.74 Å². The third-order valence-corrected chi connectivity index (χ3v) is 4.53. The van der Waals surface area contributed by atoms with Crippen molar-refractivity contribution in [2.75, 3.05) is 5.32 Å². The zero-order chi connectivity index (χ0) is 20.4. The standard InChI is InChI=1S/C18H9F6NO2S/c19-9-3-1-2-4-10(9)27-6-8-5-11(28-7-8)18(26)25-17-15(23)13(21)12(20)14(22)16(17)24/h1-5,7H,6H2,(H,25,26). The number of hydrogen-bond acceptors (Lipinski definition) is 3. The molecule has 0 aliphatic rings. The Labute approximate surface area is 158 Å². The molecule has 0 unspecified atom stereocenters. The van der Waals surface area contributed by atoms with Crippen LogP contribution < -0.4 is 10.1 Å². The van der Waals surface area contributed by atoms with E-state index in [1.165, 1.54) is 29.6 Å². The van der Waals surface area contributed by atoms with E-state index in [2.05, 4.69) is 0 Å². The van der Waals surface area contributed by atoms with Crippen molar-refractivity contribution in [3.8, 4) is 5.75 Å². The Bertz CT molecular complexity index is 1020. The summed E-state index contributed by atoms with van der Waals surface area (Å²) < 4.78 is 85.5. The van der Waals surface area contributed by atoms with Crippen LogP contribution in [-0.4, -0.2) is 5.91 Å². The van der Waals surface area contributed by atoms with Gasteiger partial charge >= 0.3 is 0 Å². The van der Waals surface area contributed by atoms with Crippen molar-refractivity contribution in [1.29, 1.82) is 0 Å². The molecule has 28 heavy (non-hydrogen) atoms. The van der Waals surface area contributed by atoms with Gasteiger partial charge in [-0.15, -0.1) is 11.3 Å². The fourth-order valence-electron chi connectivity index (χ4n) is 2.18. The highest BCUT2D eigenvalue weighted by molar-refractivity contribution is 7.12. The summed E-state index contributed by atoms with van der Waals surface area (Å²) >= 11 is 0.847. The van der Waals surface area contributed by atoms with Gasteiger partial charge in [0.25, 0.3) is 5.91 Å². The number of thiophene rings is 1. The van der Waals surface area contributed by atoms with E-state index in [9.17, 15) is 31.1 Å². The van der Waals surface area contributed by atoms with Gasteiger partial charge in [0.1, 0.15) is 12.3 Å². The molecule has 1 amide bonds. The number of carbonyl (C=O) groups is 1. The van der Waals surface area contributed by atoms with E-state index in [0.29, 0.717) is 5.56 Å². The van der Waals surface area contributed by atoms with Gasteiger partial charge in [0.15, 0.2) is 34.8 Å². The summed E-state index contributed by atoms with van der Waals surface area (Å²) in [6.45, 7) is -0.104. The highest BCUT2D eigenvalue weighted by atomic mass is 32.1. The molecule has 0 bridgehead atoms. The van der Waals surface area contributed by atoms with Crippen molar-refractivity contribution >= 4 is 22.9 Å². The number of benzene rings is 2. The van der Waals surface area contributed by atoms with Crippen LogP contribution >= 0.6 is 11.3 Å². The van der Waals surface area contributed by atoms with Gasteiger partial charge in [-0.05, 0) is 23.6 Å². The Morgan fingerprint density at radius 2 is 1.54 bits per heavy atom. The van der Waals surface area contributed by atoms with Gasteiger partial charge in [-0.1, -0.05) is 12.1 Å². The van der Waals surface area contributed by atoms with E-state index < -0.39 is 46.5 Å². The van der Waals surface area contributed by atoms with Crippen LogP contribution in [0.5, 0.6) is 5.75 Å². The summed E-state index contributed by atoms with van der Waals surface area (Å²) in [4.78, 5) is 12.0. The number of rotatable bonds is 5. The third kappa shape index (κ3) is 3.81. The predicted octanol–water partition coefficient (Wildman–Crippen LogP) is 5.41. The maximum absolute atomic E-state index is 13.6. The van der Waals surface area contributed by atoms with Crippen molar-refractivity contribution in [3.05, 3.63) is 81.1 Å². The molecule has 0 radical (unpaired) electrons. The summed E-state index contributed by atoms with van der Waals surface area (Å²) in [7, 11) is 0. The monoisotopic (exact) mass is 417 g/mol. The maximum atomic E-state index is 13.6. The predicted molar refractivity (Wildman–Crippen MR) is 89.2 cm³/mol. The highest BCUT2D eigenvalue weighted by Gasteiger charge is 2.27. The van der Waals surface area contributed by atoms with Crippen LogP contribution in [0.15, 0.2) is 35.7 Å². The number of carbonyl (C=O) groups excluding carboxylic acids is 1. The van der Waals surface area contributed by atoms with Crippen molar-refractivity contribution in [2.24, 2.45) is 0 Å². The Morgan fingerprint density at radius 1 is 0.929 bits per heavy atom. The van der Waals surface area contributed by atoms with Crippen LogP contribution in [-0.2, 0) is 6.61 Å². The van der Waals surface area contributed by atoms with Crippen molar-refractivity contribution in [3.63, 3.8) is 0 Å². The molecule has 2 aromatic carbocycles. The lowest BCUT2D eigenvalue weighted by Gasteiger charge is -2.09. The average molecular weight is 417 g/mol. The van der Waals surface area contributed by atoms with Gasteiger partial charge < -0.3 is 10.1 Å². The molecule has 0 aliphatic carbocycles. The van der Waals surface area contributed by atoms with Crippen LogP contribution in [0.1, 0.15) is 15.2 Å². The van der Waals surface area contributed by atoms with Gasteiger partial charge in [0.2, 0.25) is 5.82 Å². The van der Waals surface area contributed by atoms with Gasteiger partial charge in [-0.25, -0.2) is 26.3 Å². The minimum Gasteiger partial charge on any atom is -0.486 e. The van der Waals surface area contributed by atoms with Crippen molar-refractivity contribution in [2.45, 2.75) is 6.61 Å². The molecular formula is C18H9F6NO2S. The smallest absolute Gasteiger partial charge is 0.265 e. The first-order valence-electron chi connectivity index (χ1n) is 7.57. The zero-order valence-corrected chi connectivity index (χ0v) is 14.5. The molecule has 146 valence electrons. The Kier molecular flexibility index (Phi) is 5.59. The third-order valence-electron chi connectivity index (χ3n) is 3.56. The minimum atomic E-state index is -2.32. The quantitative estimate of drug-likeness (QED) is 0.342. The van der Waals surface area contributed by atoms with Gasteiger partial charge in [-0.2, -0.15) is 0 Å². The molecule has 0 atom stereocenters. The number of anilines is 1. The van der Waals surface area contributed by atoms with Crippen molar-refractivity contribution in [1.82, 2.24) is 0 Å². The molecule has 0 saturated heterocycles. The molecule has 10 heteroatoms. The first-order chi connectivity index (χ1) is 13.3. The second-order valence-electron chi connectivity index (χ2n) is 5.44. The Balaban J connectivity index is 1.74. The lowest BCUT2D eigenvalue weighted by atomic mass is 10.2. The van der Waals surface area contributed by atoms with Crippen LogP contribution in [0, 0.1) is 34.9 Å². The summed E-state index contributed by atoms with van der Waals surface area (Å²) in [6.07, 6.45) is 0. The lowest BCUT2D eigenvalue weighted by Crippen LogP contribution is -2.16. The largest absolute Gasteiger partial charge is 0.486 e. The van der Waals surface area contributed by atoms with E-state index in [1.807, 2.05) is 0 Å². The number of halogens is 6. The minimum absolute atomic E-state index is 0.0129. The molecule has 0 spiro atoms. The molecule has 3 nitrogen and oxygen atoms in total. The van der Waals surface area contributed by atoms with Gasteiger partial charge in [0.05, 0.1) is 4.88 Å². The molecule has 0 saturated carbocycles. The van der Waals surface area contributed by atoms with E-state index in [0.717, 1.165) is 11.3 Å². The van der Waals surface area contributed by atoms with Crippen molar-refractivity contribution < 1.29 is 35.9 Å². The van der Waals surface area contributed by atoms with Crippen LogP contribution in [0.25, 0.3) is 0 Å². The van der Waals surface area contributed by atoms with E-state index in [1.54, 1.807) is 11.4 Å². The number of para-hydroxylation sites is 1. The normalized spacial score (nSPS) is 10.8. The molecule has 0 fully saturated rings. The van der Waals surface area contributed by atoms with Crippen LogP contribution in [0.2, 0.25) is 0 Å². The average Bonchev–Trinajstić information content (AvgIpc) is 3.16. The topological polar surface area (TPSA) is 38.3 Å². The Morgan fingerprint density at radius 3 is 2.18 bits per heavy atom. The summed E-state index contributed by atoms with van der Waals surface area (Å²) in [5, 5.41) is 3.14. The fourth-order valence-corrected chi connectivity index (χ4v) is 2.97. The maximum Gasteiger partial charge on any atom is 0.265 e. The van der Waals surface area contributed by atoms with E-state index >= 15 is 0 Å². The second-order valence-corrected chi connectivity index (χ2v) is 6.35. The molecular weight excluding hydrogens is 408 g/mol. The molecule has 1 N–H and O–H groups in total.